The molecule has 130 valence electrons. The van der Waals surface area contributed by atoms with Crippen LogP contribution in [0.25, 0.3) is 0 Å². The first-order chi connectivity index (χ1) is 11.0. The van der Waals surface area contributed by atoms with E-state index in [-0.39, 0.29) is 10.6 Å². The number of sulfonamides is 2. The van der Waals surface area contributed by atoms with Gasteiger partial charge in [-0.3, -0.25) is 4.72 Å². The third kappa shape index (κ3) is 3.71. The van der Waals surface area contributed by atoms with Gasteiger partial charge < -0.3 is 0 Å². The van der Waals surface area contributed by atoms with Gasteiger partial charge in [0.05, 0.1) is 4.90 Å². The molecule has 0 aliphatic carbocycles. The Morgan fingerprint density at radius 2 is 1.50 bits per heavy atom. The molecule has 0 radical (unpaired) electrons. The van der Waals surface area contributed by atoms with Gasteiger partial charge in [0.15, 0.2) is 0 Å². The number of nitrogens with zero attached hydrogens (tertiary/aromatic N) is 1. The molecule has 0 fully saturated rings. The maximum absolute atomic E-state index is 13.6. The highest BCUT2D eigenvalue weighted by atomic mass is 32.2. The molecule has 0 unspecified atom stereocenters. The number of hydrogen-bond donors (Lipinski definition) is 1. The molecule has 24 heavy (non-hydrogen) atoms. The van der Waals surface area contributed by atoms with Crippen LogP contribution in [-0.4, -0.2) is 35.2 Å². The molecule has 0 aliphatic rings. The molecule has 0 saturated carbocycles. The van der Waals surface area contributed by atoms with Crippen molar-refractivity contribution in [2.75, 3.05) is 18.8 Å². The summed E-state index contributed by atoms with van der Waals surface area (Å²) in [5.74, 6) is -2.00. The monoisotopic (exact) mass is 376 g/mol. The van der Waals surface area contributed by atoms with Crippen LogP contribution in [0.2, 0.25) is 0 Å². The molecule has 0 atom stereocenters. The lowest BCUT2D eigenvalue weighted by molar-refractivity contribution is 0.521. The van der Waals surface area contributed by atoms with Crippen molar-refractivity contribution in [3.05, 3.63) is 54.1 Å². The van der Waals surface area contributed by atoms with Crippen LogP contribution in [0.4, 0.5) is 14.5 Å². The largest absolute Gasteiger partial charge is 0.280 e. The van der Waals surface area contributed by atoms with Crippen LogP contribution in [-0.2, 0) is 20.0 Å². The van der Waals surface area contributed by atoms with E-state index in [0.717, 1.165) is 10.4 Å². The molecule has 6 nitrogen and oxygen atoms in total. The maximum atomic E-state index is 13.6. The van der Waals surface area contributed by atoms with E-state index in [1.54, 1.807) is 0 Å². The van der Waals surface area contributed by atoms with Crippen molar-refractivity contribution in [3.8, 4) is 0 Å². The van der Waals surface area contributed by atoms with E-state index >= 15 is 0 Å². The number of benzene rings is 2. The summed E-state index contributed by atoms with van der Waals surface area (Å²) in [7, 11) is -5.29. The zero-order chi connectivity index (χ0) is 18.1. The fourth-order valence-corrected chi connectivity index (χ4v) is 3.85. The molecule has 0 aliphatic heterocycles. The van der Waals surface area contributed by atoms with Crippen LogP contribution in [0.5, 0.6) is 0 Å². The third-order valence-corrected chi connectivity index (χ3v) is 6.29. The Labute approximate surface area is 138 Å². The van der Waals surface area contributed by atoms with Gasteiger partial charge in [-0.15, -0.1) is 0 Å². The van der Waals surface area contributed by atoms with Gasteiger partial charge in [-0.1, -0.05) is 0 Å². The standard InChI is InChI=1S/C14H14F2N2O4S2/c1-18(2)24(21,22)12-6-4-11(5-7-12)17-23(19,20)14-9-10(15)3-8-13(14)16/h3-9,17H,1-2H3. The molecule has 1 N–H and O–H groups in total. The molecule has 2 aromatic rings. The highest BCUT2D eigenvalue weighted by molar-refractivity contribution is 7.92. The summed E-state index contributed by atoms with van der Waals surface area (Å²) in [5.41, 5.74) is 0.0105. The minimum Gasteiger partial charge on any atom is -0.280 e. The summed E-state index contributed by atoms with van der Waals surface area (Å²) in [5, 5.41) is 0. The number of halogens is 2. The summed E-state index contributed by atoms with van der Waals surface area (Å²) in [6.07, 6.45) is 0. The van der Waals surface area contributed by atoms with Crippen LogP contribution in [0.15, 0.2) is 52.3 Å². The lowest BCUT2D eigenvalue weighted by Gasteiger charge is -2.12. The molecule has 0 saturated heterocycles. The van der Waals surface area contributed by atoms with Crippen LogP contribution in [0.3, 0.4) is 0 Å². The Kier molecular flexibility index (Phi) is 4.92. The van der Waals surface area contributed by atoms with Gasteiger partial charge in [-0.05, 0) is 42.5 Å². The summed E-state index contributed by atoms with van der Waals surface area (Å²) >= 11 is 0. The molecule has 2 rings (SSSR count). The zero-order valence-corrected chi connectivity index (χ0v) is 14.3. The van der Waals surface area contributed by atoms with E-state index in [2.05, 4.69) is 4.72 Å². The number of nitrogens with one attached hydrogen (secondary N) is 1. The highest BCUT2D eigenvalue weighted by Crippen LogP contribution is 2.22. The topological polar surface area (TPSA) is 83.6 Å². The van der Waals surface area contributed by atoms with Gasteiger partial charge in [-0.25, -0.2) is 29.9 Å². The molecule has 0 spiro atoms. The van der Waals surface area contributed by atoms with E-state index < -0.39 is 36.6 Å². The first-order valence-electron chi connectivity index (χ1n) is 6.54. The SMILES string of the molecule is CN(C)S(=O)(=O)c1ccc(NS(=O)(=O)c2cc(F)ccc2F)cc1. The van der Waals surface area contributed by atoms with Crippen molar-refractivity contribution in [1.82, 2.24) is 4.31 Å². The molecule has 0 amide bonds. The number of rotatable bonds is 5. The average molecular weight is 376 g/mol. The summed E-state index contributed by atoms with van der Waals surface area (Å²) < 4.78 is 77.9. The molecule has 2 aromatic carbocycles. The lowest BCUT2D eigenvalue weighted by Crippen LogP contribution is -2.22. The van der Waals surface area contributed by atoms with Crippen molar-refractivity contribution in [2.45, 2.75) is 9.79 Å². The van der Waals surface area contributed by atoms with Gasteiger partial charge >= 0.3 is 0 Å². The molecular weight excluding hydrogens is 362 g/mol. The van der Waals surface area contributed by atoms with Crippen molar-refractivity contribution in [2.24, 2.45) is 0 Å². The summed E-state index contributed by atoms with van der Waals surface area (Å²) in [6.45, 7) is 0. The summed E-state index contributed by atoms with van der Waals surface area (Å²) in [6, 6.07) is 6.90. The van der Waals surface area contributed by atoms with Crippen molar-refractivity contribution < 1.29 is 25.6 Å². The molecule has 0 aromatic heterocycles. The number of anilines is 1. The van der Waals surface area contributed by atoms with E-state index in [1.165, 1.54) is 38.4 Å². The lowest BCUT2D eigenvalue weighted by atomic mass is 10.3. The minimum atomic E-state index is -4.36. The van der Waals surface area contributed by atoms with Crippen LogP contribution in [0.1, 0.15) is 0 Å². The Hall–Kier alpha value is -2.04. The molecule has 0 heterocycles. The Bertz CT molecular complexity index is 957. The Morgan fingerprint density at radius 3 is 2.04 bits per heavy atom. The van der Waals surface area contributed by atoms with Gasteiger partial charge in [-0.2, -0.15) is 0 Å². The predicted octanol–water partition coefficient (Wildman–Crippen LogP) is 2.02. The Morgan fingerprint density at radius 1 is 0.917 bits per heavy atom. The van der Waals surface area contributed by atoms with Gasteiger partial charge in [0.1, 0.15) is 16.5 Å². The second-order valence-electron chi connectivity index (χ2n) is 4.99. The van der Waals surface area contributed by atoms with Crippen molar-refractivity contribution in [3.63, 3.8) is 0 Å². The Balaban J connectivity index is 2.33. The van der Waals surface area contributed by atoms with Gasteiger partial charge in [0.25, 0.3) is 10.0 Å². The van der Waals surface area contributed by atoms with Crippen molar-refractivity contribution >= 4 is 25.7 Å². The van der Waals surface area contributed by atoms with E-state index in [4.69, 9.17) is 0 Å². The van der Waals surface area contributed by atoms with E-state index in [9.17, 15) is 25.6 Å². The highest BCUT2D eigenvalue weighted by Gasteiger charge is 2.21. The quantitative estimate of drug-likeness (QED) is 0.865. The van der Waals surface area contributed by atoms with E-state index in [0.29, 0.717) is 12.1 Å². The second kappa shape index (κ2) is 6.46. The summed E-state index contributed by atoms with van der Waals surface area (Å²) in [4.78, 5) is -0.875. The van der Waals surface area contributed by atoms with Crippen LogP contribution < -0.4 is 4.72 Å². The number of hydrogen-bond acceptors (Lipinski definition) is 4. The fourth-order valence-electron chi connectivity index (χ4n) is 1.80. The van der Waals surface area contributed by atoms with Crippen LogP contribution in [0, 0.1) is 11.6 Å². The first-order valence-corrected chi connectivity index (χ1v) is 9.47. The minimum absolute atomic E-state index is 0.0105. The maximum Gasteiger partial charge on any atom is 0.264 e. The smallest absolute Gasteiger partial charge is 0.264 e. The first kappa shape index (κ1) is 18.3. The normalized spacial score (nSPS) is 12.4. The fraction of sp³-hybridized carbons (Fsp3) is 0.143. The van der Waals surface area contributed by atoms with Crippen molar-refractivity contribution in [1.29, 1.82) is 0 Å². The molecule has 10 heteroatoms. The third-order valence-electron chi connectivity index (χ3n) is 3.07. The zero-order valence-electron chi connectivity index (χ0n) is 12.7. The van der Waals surface area contributed by atoms with Gasteiger partial charge in [0.2, 0.25) is 10.0 Å². The van der Waals surface area contributed by atoms with Gasteiger partial charge in [0, 0.05) is 19.8 Å². The predicted molar refractivity (Wildman–Crippen MR) is 84.5 cm³/mol. The average Bonchev–Trinajstić information content (AvgIpc) is 2.49. The molecular formula is C14H14F2N2O4S2. The second-order valence-corrected chi connectivity index (χ2v) is 8.79. The van der Waals surface area contributed by atoms with E-state index in [1.807, 2.05) is 0 Å². The van der Waals surface area contributed by atoms with Crippen LogP contribution >= 0.6 is 0 Å². The molecule has 0 bridgehead atoms.